The number of aromatic amines is 1. The van der Waals surface area contributed by atoms with Crippen molar-refractivity contribution in [2.75, 3.05) is 24.2 Å². The number of carbonyl (C=O) groups excluding carboxylic acids is 1. The number of benzene rings is 1. The molecule has 12 heteroatoms. The Kier molecular flexibility index (Phi) is 7.09. The van der Waals surface area contributed by atoms with E-state index >= 15 is 0 Å². The third kappa shape index (κ3) is 5.29. The van der Waals surface area contributed by atoms with Crippen LogP contribution in [0, 0.1) is 0 Å². The highest BCUT2D eigenvalue weighted by Gasteiger charge is 2.26. The van der Waals surface area contributed by atoms with Crippen LogP contribution in [0.5, 0.6) is 0 Å². The smallest absolute Gasteiger partial charge is 0.243 e. The van der Waals surface area contributed by atoms with E-state index < -0.39 is 10.0 Å². The summed E-state index contributed by atoms with van der Waals surface area (Å²) in [6.07, 6.45) is 6.03. The molecule has 0 bridgehead atoms. The van der Waals surface area contributed by atoms with Crippen LogP contribution in [0.25, 0.3) is 11.4 Å². The molecule has 168 valence electrons. The van der Waals surface area contributed by atoms with Gasteiger partial charge in [-0.3, -0.25) is 14.9 Å². The van der Waals surface area contributed by atoms with Gasteiger partial charge in [0.15, 0.2) is 5.82 Å². The molecule has 32 heavy (non-hydrogen) atoms. The fourth-order valence-corrected chi connectivity index (χ4v) is 5.59. The van der Waals surface area contributed by atoms with Crippen molar-refractivity contribution in [2.24, 2.45) is 0 Å². The van der Waals surface area contributed by atoms with Gasteiger partial charge in [0.25, 0.3) is 0 Å². The summed E-state index contributed by atoms with van der Waals surface area (Å²) in [4.78, 5) is 20.9. The van der Waals surface area contributed by atoms with Crippen molar-refractivity contribution in [2.45, 2.75) is 29.3 Å². The van der Waals surface area contributed by atoms with Crippen molar-refractivity contribution in [1.29, 1.82) is 0 Å². The first-order valence-corrected chi connectivity index (χ1v) is 12.8. The highest BCUT2D eigenvalue weighted by molar-refractivity contribution is 7.99. The van der Waals surface area contributed by atoms with Crippen LogP contribution in [0.15, 0.2) is 52.8 Å². The molecule has 0 aliphatic carbocycles. The molecule has 0 spiro atoms. The summed E-state index contributed by atoms with van der Waals surface area (Å²) < 4.78 is 27.3. The molecule has 1 fully saturated rings. The van der Waals surface area contributed by atoms with Crippen LogP contribution >= 0.6 is 23.4 Å². The number of nitrogens with one attached hydrogen (secondary N) is 2. The van der Waals surface area contributed by atoms with E-state index in [1.807, 2.05) is 0 Å². The Labute approximate surface area is 195 Å². The molecule has 1 aliphatic rings. The van der Waals surface area contributed by atoms with Gasteiger partial charge < -0.3 is 5.32 Å². The highest BCUT2D eigenvalue weighted by Crippen LogP contribution is 2.28. The number of piperidine rings is 1. The van der Waals surface area contributed by atoms with Gasteiger partial charge in [0.2, 0.25) is 21.1 Å². The Morgan fingerprint density at radius 2 is 1.91 bits per heavy atom. The summed E-state index contributed by atoms with van der Waals surface area (Å²) in [6.45, 7) is 1.00. The third-order valence-corrected chi connectivity index (χ3v) is 7.99. The van der Waals surface area contributed by atoms with Gasteiger partial charge in [-0.2, -0.15) is 4.31 Å². The van der Waals surface area contributed by atoms with Gasteiger partial charge in [0.1, 0.15) is 0 Å². The molecule has 2 aromatic heterocycles. The van der Waals surface area contributed by atoms with Gasteiger partial charge in [-0.05, 0) is 43.2 Å². The van der Waals surface area contributed by atoms with E-state index in [1.165, 1.54) is 22.5 Å². The Bertz CT molecular complexity index is 1200. The van der Waals surface area contributed by atoms with Crippen LogP contribution in [0.1, 0.15) is 19.3 Å². The van der Waals surface area contributed by atoms with Crippen LogP contribution in [-0.2, 0) is 14.8 Å². The van der Waals surface area contributed by atoms with Crippen LogP contribution in [0.3, 0.4) is 0 Å². The first-order valence-electron chi connectivity index (χ1n) is 9.98. The van der Waals surface area contributed by atoms with Crippen LogP contribution in [0.2, 0.25) is 5.02 Å². The Morgan fingerprint density at radius 1 is 1.16 bits per heavy atom. The molecule has 3 heterocycles. The number of rotatable bonds is 7. The number of hydrogen-bond donors (Lipinski definition) is 2. The lowest BCUT2D eigenvalue weighted by Gasteiger charge is -2.26. The molecule has 3 aromatic rings. The van der Waals surface area contributed by atoms with Gasteiger partial charge in [0, 0.05) is 31.0 Å². The SMILES string of the molecule is O=C(CSc1n[nH]c(-c2ccncc2)n1)Nc1cc(S(=O)(=O)N2CCCCC2)ccc1Cl. The predicted octanol–water partition coefficient (Wildman–Crippen LogP) is 3.43. The minimum Gasteiger partial charge on any atom is -0.324 e. The van der Waals surface area contributed by atoms with Crippen molar-refractivity contribution in [1.82, 2.24) is 24.5 Å². The number of hydrogen-bond acceptors (Lipinski definition) is 7. The maximum absolute atomic E-state index is 12.9. The standard InChI is InChI=1S/C20H21ClN6O3S2/c21-16-5-4-15(32(29,30)27-10-2-1-3-11-27)12-17(16)23-18(28)13-31-20-24-19(25-26-20)14-6-8-22-9-7-14/h4-9,12H,1-3,10-11,13H2,(H,23,28)(H,24,25,26). The lowest BCUT2D eigenvalue weighted by atomic mass is 10.2. The van der Waals surface area contributed by atoms with E-state index in [0.29, 0.717) is 24.1 Å². The summed E-state index contributed by atoms with van der Waals surface area (Å²) in [6, 6.07) is 7.95. The van der Waals surface area contributed by atoms with E-state index in [4.69, 9.17) is 11.6 Å². The summed E-state index contributed by atoms with van der Waals surface area (Å²) in [5.41, 5.74) is 1.09. The number of thioether (sulfide) groups is 1. The van der Waals surface area contributed by atoms with Gasteiger partial charge >= 0.3 is 0 Å². The number of halogens is 1. The molecule has 1 amide bonds. The van der Waals surface area contributed by atoms with Crippen LogP contribution in [0.4, 0.5) is 5.69 Å². The summed E-state index contributed by atoms with van der Waals surface area (Å²) in [7, 11) is -3.63. The average molecular weight is 493 g/mol. The van der Waals surface area contributed by atoms with Gasteiger partial charge in [0.05, 0.1) is 21.4 Å². The van der Waals surface area contributed by atoms with Gasteiger partial charge in [-0.15, -0.1) is 5.10 Å². The number of nitrogens with zero attached hydrogens (tertiary/aromatic N) is 4. The second kappa shape index (κ2) is 9.99. The van der Waals surface area contributed by atoms with Gasteiger partial charge in [-0.1, -0.05) is 29.8 Å². The molecular weight excluding hydrogens is 472 g/mol. The largest absolute Gasteiger partial charge is 0.324 e. The number of anilines is 1. The molecule has 0 saturated carbocycles. The molecule has 4 rings (SSSR count). The van der Waals surface area contributed by atoms with Crippen molar-refractivity contribution >= 4 is 45.0 Å². The maximum Gasteiger partial charge on any atom is 0.243 e. The second-order valence-electron chi connectivity index (χ2n) is 7.15. The monoisotopic (exact) mass is 492 g/mol. The molecule has 1 aromatic carbocycles. The zero-order chi connectivity index (χ0) is 22.6. The summed E-state index contributed by atoms with van der Waals surface area (Å²) >= 11 is 7.35. The zero-order valence-electron chi connectivity index (χ0n) is 17.0. The molecule has 0 radical (unpaired) electrons. The number of carbonyl (C=O) groups is 1. The highest BCUT2D eigenvalue weighted by atomic mass is 35.5. The Balaban J connectivity index is 1.40. The van der Waals surface area contributed by atoms with E-state index in [0.717, 1.165) is 36.6 Å². The minimum atomic E-state index is -3.63. The minimum absolute atomic E-state index is 0.0348. The maximum atomic E-state index is 12.9. The first kappa shape index (κ1) is 22.7. The summed E-state index contributed by atoms with van der Waals surface area (Å²) in [5.74, 6) is 0.265. The van der Waals surface area contributed by atoms with Crippen molar-refractivity contribution in [3.8, 4) is 11.4 Å². The van der Waals surface area contributed by atoms with Crippen molar-refractivity contribution in [3.05, 3.63) is 47.7 Å². The number of H-pyrrole nitrogens is 1. The second-order valence-corrected chi connectivity index (χ2v) is 10.4. The third-order valence-electron chi connectivity index (χ3n) is 4.92. The Morgan fingerprint density at radius 3 is 2.66 bits per heavy atom. The fraction of sp³-hybridized carbons (Fsp3) is 0.300. The van der Waals surface area contributed by atoms with Crippen LogP contribution < -0.4 is 5.32 Å². The molecule has 9 nitrogen and oxygen atoms in total. The molecular formula is C20H21ClN6O3S2. The van der Waals surface area contributed by atoms with Crippen LogP contribution in [-0.4, -0.2) is 57.6 Å². The molecule has 1 saturated heterocycles. The molecule has 0 atom stereocenters. The molecule has 2 N–H and O–H groups in total. The summed E-state index contributed by atoms with van der Waals surface area (Å²) in [5, 5.41) is 10.3. The lowest BCUT2D eigenvalue weighted by Crippen LogP contribution is -2.35. The average Bonchev–Trinajstić information content (AvgIpc) is 3.29. The number of pyridine rings is 1. The lowest BCUT2D eigenvalue weighted by molar-refractivity contribution is -0.113. The van der Waals surface area contributed by atoms with E-state index in [1.54, 1.807) is 24.5 Å². The van der Waals surface area contributed by atoms with E-state index in [9.17, 15) is 13.2 Å². The quantitative estimate of drug-likeness (QED) is 0.484. The normalized spacial score (nSPS) is 14.9. The number of sulfonamides is 1. The first-order chi connectivity index (χ1) is 15.4. The molecule has 1 aliphatic heterocycles. The molecule has 0 unspecified atom stereocenters. The van der Waals surface area contributed by atoms with Gasteiger partial charge in [-0.25, -0.2) is 13.4 Å². The zero-order valence-corrected chi connectivity index (χ0v) is 19.4. The number of aromatic nitrogens is 4. The fourth-order valence-electron chi connectivity index (χ4n) is 3.28. The number of amides is 1. The Hall–Kier alpha value is -2.47. The topological polar surface area (TPSA) is 121 Å². The van der Waals surface area contributed by atoms with E-state index in [2.05, 4.69) is 25.5 Å². The van der Waals surface area contributed by atoms with Crippen molar-refractivity contribution < 1.29 is 13.2 Å². The predicted molar refractivity (Wildman–Crippen MR) is 123 cm³/mol. The van der Waals surface area contributed by atoms with Crippen molar-refractivity contribution in [3.63, 3.8) is 0 Å². The van der Waals surface area contributed by atoms with E-state index in [-0.39, 0.29) is 27.3 Å².